The first kappa shape index (κ1) is 10.7. The fourth-order valence-electron chi connectivity index (χ4n) is 1.37. The summed E-state index contributed by atoms with van der Waals surface area (Å²) < 4.78 is 40.9. The number of hydrogen-bond donors (Lipinski definition) is 2. The third-order valence-corrected chi connectivity index (χ3v) is 2.26. The van der Waals surface area contributed by atoms with Crippen molar-refractivity contribution in [2.45, 2.75) is 31.4 Å². The number of alkyl halides is 3. The van der Waals surface area contributed by atoms with Crippen molar-refractivity contribution in [3.63, 3.8) is 0 Å². The van der Waals surface area contributed by atoms with E-state index >= 15 is 0 Å². The Balaban J connectivity index is 2.71. The molecule has 2 unspecified atom stereocenters. The van der Waals surface area contributed by atoms with E-state index in [4.69, 9.17) is 10.2 Å². The van der Waals surface area contributed by atoms with E-state index in [9.17, 15) is 13.2 Å². The van der Waals surface area contributed by atoms with Gasteiger partial charge in [-0.15, -0.1) is 0 Å². The van der Waals surface area contributed by atoms with Gasteiger partial charge in [0.25, 0.3) is 0 Å². The van der Waals surface area contributed by atoms with Crippen LogP contribution in [0.15, 0.2) is 0 Å². The summed E-state index contributed by atoms with van der Waals surface area (Å²) in [5.74, 6) is -0.698. The van der Waals surface area contributed by atoms with Crippen LogP contribution < -0.4 is 0 Å². The van der Waals surface area contributed by atoms with Crippen molar-refractivity contribution in [2.75, 3.05) is 6.61 Å². The number of hydrogen-bond acceptors (Lipinski definition) is 3. The molecule has 1 rings (SSSR count). The molecule has 0 radical (unpaired) electrons. The summed E-state index contributed by atoms with van der Waals surface area (Å²) in [5.41, 5.74) is 0. The summed E-state index contributed by atoms with van der Waals surface area (Å²) in [6, 6.07) is 0. The van der Waals surface area contributed by atoms with Crippen LogP contribution >= 0.6 is 0 Å². The van der Waals surface area contributed by atoms with E-state index in [1.165, 1.54) is 6.92 Å². The molecule has 0 aromatic carbocycles. The molecule has 1 fully saturated rings. The lowest BCUT2D eigenvalue weighted by Gasteiger charge is -2.17. The van der Waals surface area contributed by atoms with E-state index in [0.717, 1.165) is 0 Å². The van der Waals surface area contributed by atoms with Gasteiger partial charge < -0.3 is 14.9 Å². The van der Waals surface area contributed by atoms with Gasteiger partial charge in [-0.25, -0.2) is 0 Å². The van der Waals surface area contributed by atoms with E-state index in [-0.39, 0.29) is 0 Å². The SMILES string of the molecule is CC1C(O)[C@H](C(F)(F)F)O[C@@H]1CO. The lowest BCUT2D eigenvalue weighted by Crippen LogP contribution is -2.38. The molecule has 6 heteroatoms. The highest BCUT2D eigenvalue weighted by Gasteiger charge is 2.54. The Bertz CT molecular complexity index is 182. The van der Waals surface area contributed by atoms with Crippen molar-refractivity contribution in [3.8, 4) is 0 Å². The second-order valence-corrected chi connectivity index (χ2v) is 3.17. The molecule has 2 N–H and O–H groups in total. The van der Waals surface area contributed by atoms with Crippen LogP contribution in [-0.4, -0.2) is 41.3 Å². The third-order valence-electron chi connectivity index (χ3n) is 2.26. The molecule has 78 valence electrons. The number of aliphatic hydroxyl groups excluding tert-OH is 2. The average molecular weight is 200 g/mol. The summed E-state index contributed by atoms with van der Waals surface area (Å²) in [4.78, 5) is 0. The normalized spacial score (nSPS) is 41.1. The van der Waals surface area contributed by atoms with Crippen molar-refractivity contribution in [2.24, 2.45) is 5.92 Å². The van der Waals surface area contributed by atoms with Gasteiger partial charge in [-0.2, -0.15) is 13.2 Å². The topological polar surface area (TPSA) is 49.7 Å². The number of rotatable bonds is 1. The molecular weight excluding hydrogens is 189 g/mol. The van der Waals surface area contributed by atoms with Crippen LogP contribution in [0.4, 0.5) is 13.2 Å². The summed E-state index contributed by atoms with van der Waals surface area (Å²) in [7, 11) is 0. The molecule has 0 aromatic heterocycles. The van der Waals surface area contributed by atoms with E-state index in [1.54, 1.807) is 0 Å². The average Bonchev–Trinajstić information content (AvgIpc) is 2.28. The molecule has 13 heavy (non-hydrogen) atoms. The minimum atomic E-state index is -4.57. The van der Waals surface area contributed by atoms with Crippen LogP contribution in [0.25, 0.3) is 0 Å². The fourth-order valence-corrected chi connectivity index (χ4v) is 1.37. The first-order chi connectivity index (χ1) is 5.88. The molecule has 0 aliphatic carbocycles. The number of ether oxygens (including phenoxy) is 1. The maximum absolute atomic E-state index is 12.1. The summed E-state index contributed by atoms with van der Waals surface area (Å²) in [6.07, 6.45) is -9.25. The minimum absolute atomic E-state index is 0.509. The Morgan fingerprint density at radius 3 is 2.15 bits per heavy atom. The lowest BCUT2D eigenvalue weighted by molar-refractivity contribution is -0.232. The third kappa shape index (κ3) is 1.95. The zero-order valence-corrected chi connectivity index (χ0v) is 6.95. The Morgan fingerprint density at radius 2 is 1.92 bits per heavy atom. The zero-order chi connectivity index (χ0) is 10.2. The highest BCUT2D eigenvalue weighted by Crippen LogP contribution is 2.36. The van der Waals surface area contributed by atoms with Crippen LogP contribution in [0, 0.1) is 5.92 Å². The number of aliphatic hydroxyl groups is 2. The van der Waals surface area contributed by atoms with Gasteiger partial charge >= 0.3 is 6.18 Å². The van der Waals surface area contributed by atoms with Gasteiger partial charge in [0, 0.05) is 5.92 Å². The van der Waals surface area contributed by atoms with Gasteiger partial charge in [0.1, 0.15) is 0 Å². The molecule has 1 aliphatic rings. The van der Waals surface area contributed by atoms with Gasteiger partial charge in [0.15, 0.2) is 6.10 Å². The van der Waals surface area contributed by atoms with Crippen molar-refractivity contribution in [1.82, 2.24) is 0 Å². The van der Waals surface area contributed by atoms with E-state index in [2.05, 4.69) is 4.74 Å². The second kappa shape index (κ2) is 3.43. The van der Waals surface area contributed by atoms with Gasteiger partial charge in [-0.3, -0.25) is 0 Å². The fraction of sp³-hybridized carbons (Fsp3) is 1.00. The van der Waals surface area contributed by atoms with Crippen LogP contribution in [0.2, 0.25) is 0 Å². The molecule has 0 amide bonds. The number of halogens is 3. The van der Waals surface area contributed by atoms with Gasteiger partial charge in [-0.1, -0.05) is 6.92 Å². The van der Waals surface area contributed by atoms with Crippen molar-refractivity contribution in [3.05, 3.63) is 0 Å². The maximum Gasteiger partial charge on any atom is 0.417 e. The standard InChI is InChI=1S/C7H11F3O3/c1-3-4(2-11)13-6(5(3)12)7(8,9)10/h3-6,11-12H,2H2,1H3/t3?,4-,5?,6-/m1/s1. The summed E-state index contributed by atoms with van der Waals surface area (Å²) >= 11 is 0. The molecule has 1 aliphatic heterocycles. The summed E-state index contributed by atoms with van der Waals surface area (Å²) in [5, 5.41) is 17.8. The van der Waals surface area contributed by atoms with Crippen molar-refractivity contribution in [1.29, 1.82) is 0 Å². The molecule has 0 spiro atoms. The Hall–Kier alpha value is -0.330. The van der Waals surface area contributed by atoms with Crippen molar-refractivity contribution >= 4 is 0 Å². The van der Waals surface area contributed by atoms with Gasteiger partial charge in [0.2, 0.25) is 0 Å². The Morgan fingerprint density at radius 1 is 1.38 bits per heavy atom. The van der Waals surface area contributed by atoms with Crippen LogP contribution in [0.5, 0.6) is 0 Å². The Kier molecular flexibility index (Phi) is 2.84. The molecule has 1 heterocycles. The highest BCUT2D eigenvalue weighted by atomic mass is 19.4. The lowest BCUT2D eigenvalue weighted by atomic mass is 9.99. The second-order valence-electron chi connectivity index (χ2n) is 3.17. The summed E-state index contributed by atoms with van der Waals surface area (Å²) in [6.45, 7) is 0.905. The molecule has 0 bridgehead atoms. The highest BCUT2D eigenvalue weighted by molar-refractivity contribution is 4.91. The first-order valence-corrected chi connectivity index (χ1v) is 3.89. The Labute approximate surface area is 73.1 Å². The van der Waals surface area contributed by atoms with E-state index < -0.39 is 37.0 Å². The molecule has 3 nitrogen and oxygen atoms in total. The molecule has 0 saturated carbocycles. The predicted octanol–water partition coefficient (Wildman–Crippen LogP) is 0.305. The van der Waals surface area contributed by atoms with E-state index in [1.807, 2.05) is 0 Å². The van der Waals surface area contributed by atoms with Crippen LogP contribution in [0.3, 0.4) is 0 Å². The van der Waals surface area contributed by atoms with Crippen molar-refractivity contribution < 1.29 is 28.1 Å². The molecular formula is C7H11F3O3. The quantitative estimate of drug-likeness (QED) is 0.640. The molecule has 4 atom stereocenters. The van der Waals surface area contributed by atoms with Gasteiger partial charge in [0.05, 0.1) is 18.8 Å². The predicted molar refractivity (Wildman–Crippen MR) is 37.0 cm³/mol. The van der Waals surface area contributed by atoms with Gasteiger partial charge in [-0.05, 0) is 0 Å². The monoisotopic (exact) mass is 200 g/mol. The smallest absolute Gasteiger partial charge is 0.394 e. The van der Waals surface area contributed by atoms with Crippen LogP contribution in [0.1, 0.15) is 6.92 Å². The van der Waals surface area contributed by atoms with Crippen LogP contribution in [-0.2, 0) is 4.74 Å². The van der Waals surface area contributed by atoms with E-state index in [0.29, 0.717) is 0 Å². The first-order valence-electron chi connectivity index (χ1n) is 3.89. The molecule has 1 saturated heterocycles. The molecule has 0 aromatic rings. The zero-order valence-electron chi connectivity index (χ0n) is 6.95. The maximum atomic E-state index is 12.1. The minimum Gasteiger partial charge on any atom is -0.394 e. The largest absolute Gasteiger partial charge is 0.417 e.